The minimum absolute atomic E-state index is 0.0992. The van der Waals surface area contributed by atoms with Crippen molar-refractivity contribution in [1.82, 2.24) is 20.2 Å². The molecule has 3 fully saturated rings. The fourth-order valence-electron chi connectivity index (χ4n) is 7.71. The van der Waals surface area contributed by atoms with Crippen molar-refractivity contribution in [2.24, 2.45) is 11.3 Å². The van der Waals surface area contributed by atoms with Gasteiger partial charge in [-0.1, -0.05) is 13.8 Å². The van der Waals surface area contributed by atoms with Crippen LogP contribution in [0.4, 0.5) is 11.4 Å². The van der Waals surface area contributed by atoms with Gasteiger partial charge in [-0.2, -0.15) is 5.26 Å². The fourth-order valence-corrected chi connectivity index (χ4v) is 7.71. The largest absolute Gasteiger partial charge is 0.495 e. The summed E-state index contributed by atoms with van der Waals surface area (Å²) in [4.78, 5) is 39.6. The first-order valence-corrected chi connectivity index (χ1v) is 17.3. The second-order valence-electron chi connectivity index (χ2n) is 14.7. The standard InChI is InChI=1S/C38H47N7O5/c1-36(2)37(3,25-38(36,4)50-31-11-8-28(21-39)32(20-31)49-5)42-34(46)27-6-9-29(10-7-27)44-14-12-26(13-15-44)24-43-16-18-45(19-17-43)30-22-40-33(35(47)48)41-23-30/h6-11,20,22-23,26H,12-19,24-25H2,1-5H3,(H,42,46)(H,47,48). The van der Waals surface area contributed by atoms with E-state index in [2.05, 4.69) is 75.9 Å². The second kappa shape index (κ2) is 13.8. The van der Waals surface area contributed by atoms with E-state index in [1.807, 2.05) is 12.1 Å². The van der Waals surface area contributed by atoms with Gasteiger partial charge in [0, 0.05) is 75.0 Å². The smallest absolute Gasteiger partial charge is 0.373 e. The van der Waals surface area contributed by atoms with E-state index in [4.69, 9.17) is 14.6 Å². The predicted octanol–water partition coefficient (Wildman–Crippen LogP) is 4.85. The first-order chi connectivity index (χ1) is 23.8. The number of nitrogens with zero attached hydrogens (tertiary/aromatic N) is 6. The fraction of sp³-hybridized carbons (Fsp3) is 0.500. The van der Waals surface area contributed by atoms with E-state index in [1.54, 1.807) is 30.6 Å². The molecule has 1 amide bonds. The number of carbonyl (C=O) groups excluding carboxylic acids is 1. The zero-order valence-corrected chi connectivity index (χ0v) is 29.6. The number of hydrogen-bond acceptors (Lipinski definition) is 10. The van der Waals surface area contributed by atoms with Crippen LogP contribution in [-0.2, 0) is 0 Å². The lowest BCUT2D eigenvalue weighted by molar-refractivity contribution is -0.180. The number of ether oxygens (including phenoxy) is 2. The highest BCUT2D eigenvalue weighted by molar-refractivity contribution is 5.95. The quantitative estimate of drug-likeness (QED) is 0.303. The summed E-state index contributed by atoms with van der Waals surface area (Å²) in [5, 5.41) is 21.7. The van der Waals surface area contributed by atoms with Crippen molar-refractivity contribution in [3.63, 3.8) is 0 Å². The molecule has 0 spiro atoms. The van der Waals surface area contributed by atoms with Gasteiger partial charge in [-0.25, -0.2) is 14.8 Å². The summed E-state index contributed by atoms with van der Waals surface area (Å²) in [5.41, 5.74) is 1.68. The van der Waals surface area contributed by atoms with Crippen LogP contribution in [0, 0.1) is 22.7 Å². The Morgan fingerprint density at radius 1 is 0.940 bits per heavy atom. The third kappa shape index (κ3) is 6.79. The molecule has 2 saturated heterocycles. The van der Waals surface area contributed by atoms with E-state index < -0.39 is 17.1 Å². The SMILES string of the molecule is COc1cc(OC2(C)CC(C)(NC(=O)c3ccc(N4CCC(CN5CCN(c6cnc(C(=O)O)nc6)CC5)CC4)cc3)C2(C)C)ccc1C#N. The van der Waals surface area contributed by atoms with Gasteiger partial charge < -0.3 is 29.7 Å². The number of anilines is 2. The Hall–Kier alpha value is -4.89. The molecule has 2 unspecified atom stereocenters. The molecule has 1 aromatic heterocycles. The van der Waals surface area contributed by atoms with Gasteiger partial charge in [-0.3, -0.25) is 9.69 Å². The number of carboxylic acids is 1. The maximum absolute atomic E-state index is 13.5. The Labute approximate surface area is 294 Å². The Kier molecular flexibility index (Phi) is 9.64. The molecule has 3 aliphatic rings. The van der Waals surface area contributed by atoms with Crippen molar-refractivity contribution in [3.05, 3.63) is 71.8 Å². The minimum Gasteiger partial charge on any atom is -0.495 e. The number of aromatic nitrogens is 2. The summed E-state index contributed by atoms with van der Waals surface area (Å²) in [5.74, 6) is 0.348. The summed E-state index contributed by atoms with van der Waals surface area (Å²) in [7, 11) is 1.54. The predicted molar refractivity (Wildman–Crippen MR) is 190 cm³/mol. The normalized spacial score (nSPS) is 23.8. The van der Waals surface area contributed by atoms with Crippen molar-refractivity contribution >= 4 is 23.3 Å². The molecular formula is C38H47N7O5. The number of amides is 1. The van der Waals surface area contributed by atoms with Gasteiger partial charge >= 0.3 is 5.97 Å². The van der Waals surface area contributed by atoms with Crippen molar-refractivity contribution in [1.29, 1.82) is 5.26 Å². The van der Waals surface area contributed by atoms with Crippen LogP contribution in [0.15, 0.2) is 54.9 Å². The number of piperazine rings is 1. The molecule has 12 heteroatoms. The second-order valence-corrected chi connectivity index (χ2v) is 14.7. The number of benzene rings is 2. The molecule has 2 aromatic carbocycles. The monoisotopic (exact) mass is 681 g/mol. The average molecular weight is 682 g/mol. The van der Waals surface area contributed by atoms with Crippen LogP contribution in [0.5, 0.6) is 11.5 Å². The molecular weight excluding hydrogens is 634 g/mol. The molecule has 0 radical (unpaired) electrons. The third-order valence-electron chi connectivity index (χ3n) is 11.6. The number of rotatable bonds is 10. The number of carbonyl (C=O) groups is 2. The number of nitrogens with one attached hydrogen (secondary N) is 1. The summed E-state index contributed by atoms with van der Waals surface area (Å²) in [6, 6.07) is 15.3. The van der Waals surface area contributed by atoms with Gasteiger partial charge in [0.2, 0.25) is 5.82 Å². The Morgan fingerprint density at radius 3 is 2.16 bits per heavy atom. The highest BCUT2D eigenvalue weighted by Crippen LogP contribution is 2.58. The van der Waals surface area contributed by atoms with Crippen molar-refractivity contribution < 1.29 is 24.2 Å². The molecule has 3 aromatic rings. The minimum atomic E-state index is -1.12. The van der Waals surface area contributed by atoms with Crippen LogP contribution >= 0.6 is 0 Å². The van der Waals surface area contributed by atoms with Crippen molar-refractivity contribution in [2.45, 2.75) is 58.1 Å². The number of carboxylic acid groups (broad SMARTS) is 1. The topological polar surface area (TPSA) is 144 Å². The van der Waals surface area contributed by atoms with Crippen LogP contribution in [0.25, 0.3) is 0 Å². The van der Waals surface area contributed by atoms with Gasteiger partial charge in [-0.15, -0.1) is 0 Å². The van der Waals surface area contributed by atoms with Crippen LogP contribution in [-0.4, -0.2) is 95.9 Å². The maximum Gasteiger partial charge on any atom is 0.373 e. The maximum atomic E-state index is 13.5. The summed E-state index contributed by atoms with van der Waals surface area (Å²) >= 11 is 0. The van der Waals surface area contributed by atoms with Crippen LogP contribution in [0.3, 0.4) is 0 Å². The summed E-state index contributed by atoms with van der Waals surface area (Å²) in [6.07, 6.45) is 6.06. The highest BCUT2D eigenvalue weighted by atomic mass is 16.5. The lowest BCUT2D eigenvalue weighted by Crippen LogP contribution is -2.77. The molecule has 2 aliphatic heterocycles. The number of hydrogen-bond donors (Lipinski definition) is 2. The molecule has 3 heterocycles. The zero-order valence-electron chi connectivity index (χ0n) is 29.6. The van der Waals surface area contributed by atoms with E-state index in [1.165, 1.54) is 7.11 Å². The zero-order chi connectivity index (χ0) is 35.7. The van der Waals surface area contributed by atoms with E-state index in [0.717, 1.165) is 70.0 Å². The third-order valence-corrected chi connectivity index (χ3v) is 11.6. The van der Waals surface area contributed by atoms with Gasteiger partial charge in [-0.05, 0) is 69.0 Å². The number of nitriles is 1. The molecule has 2 atom stereocenters. The van der Waals surface area contributed by atoms with Crippen molar-refractivity contribution in [2.75, 3.05) is 62.7 Å². The van der Waals surface area contributed by atoms with E-state index in [9.17, 15) is 14.9 Å². The molecule has 1 saturated carbocycles. The summed E-state index contributed by atoms with van der Waals surface area (Å²) < 4.78 is 11.8. The molecule has 2 N–H and O–H groups in total. The Bertz CT molecular complexity index is 1740. The molecule has 6 rings (SSSR count). The molecule has 264 valence electrons. The van der Waals surface area contributed by atoms with Gasteiger partial charge in [0.1, 0.15) is 23.2 Å². The van der Waals surface area contributed by atoms with E-state index in [-0.39, 0.29) is 17.1 Å². The molecule has 0 bridgehead atoms. The molecule has 1 aliphatic carbocycles. The van der Waals surface area contributed by atoms with Crippen LogP contribution < -0.4 is 24.6 Å². The first kappa shape index (κ1) is 35.0. The molecule has 50 heavy (non-hydrogen) atoms. The van der Waals surface area contributed by atoms with Gasteiger partial charge in [0.05, 0.1) is 36.3 Å². The number of piperidine rings is 1. The summed E-state index contributed by atoms with van der Waals surface area (Å²) in [6.45, 7) is 15.1. The number of aromatic carboxylic acids is 1. The van der Waals surface area contributed by atoms with Crippen LogP contribution in [0.1, 0.15) is 73.5 Å². The average Bonchev–Trinajstić information content (AvgIpc) is 3.12. The van der Waals surface area contributed by atoms with E-state index >= 15 is 0 Å². The van der Waals surface area contributed by atoms with E-state index in [0.29, 0.717) is 35.0 Å². The van der Waals surface area contributed by atoms with Crippen molar-refractivity contribution in [3.8, 4) is 17.6 Å². The molecule has 12 nitrogen and oxygen atoms in total. The van der Waals surface area contributed by atoms with Gasteiger partial charge in [0.25, 0.3) is 5.91 Å². The Balaban J connectivity index is 0.963. The van der Waals surface area contributed by atoms with Crippen LogP contribution in [0.2, 0.25) is 0 Å². The lowest BCUT2D eigenvalue weighted by atomic mass is 9.48. The highest BCUT2D eigenvalue weighted by Gasteiger charge is 2.67. The number of methoxy groups -OCH3 is 1. The Morgan fingerprint density at radius 2 is 1.58 bits per heavy atom. The first-order valence-electron chi connectivity index (χ1n) is 17.3. The van der Waals surface area contributed by atoms with Gasteiger partial charge in [0.15, 0.2) is 0 Å². The lowest BCUT2D eigenvalue weighted by Gasteiger charge is -2.65.